The molecule has 3 nitrogen and oxygen atoms in total. The van der Waals surface area contributed by atoms with E-state index in [2.05, 4.69) is 10.3 Å². The molecule has 18 heavy (non-hydrogen) atoms. The van der Waals surface area contributed by atoms with Gasteiger partial charge >= 0.3 is 0 Å². The van der Waals surface area contributed by atoms with Crippen LogP contribution in [0.2, 0.25) is 5.02 Å². The number of fused-ring (bicyclic) bond motifs is 1. The molecule has 1 aromatic carbocycles. The molecule has 0 N–H and O–H groups in total. The molecule has 0 unspecified atom stereocenters. The zero-order chi connectivity index (χ0) is 12.7. The van der Waals surface area contributed by atoms with E-state index >= 15 is 0 Å². The van der Waals surface area contributed by atoms with Gasteiger partial charge in [0.2, 0.25) is 0 Å². The van der Waals surface area contributed by atoms with Gasteiger partial charge in [0.1, 0.15) is 17.2 Å². The minimum atomic E-state index is -0.516. The summed E-state index contributed by atoms with van der Waals surface area (Å²) in [5.41, 5.74) is 1.65. The third-order valence-electron chi connectivity index (χ3n) is 2.57. The normalized spacial score (nSPS) is 13.3. The van der Waals surface area contributed by atoms with Gasteiger partial charge in [0, 0.05) is 10.9 Å². The summed E-state index contributed by atoms with van der Waals surface area (Å²) in [6, 6.07) is 4.43. The van der Waals surface area contributed by atoms with Gasteiger partial charge in [0.25, 0.3) is 5.91 Å². The lowest BCUT2D eigenvalue weighted by Gasteiger charge is -2.06. The van der Waals surface area contributed by atoms with E-state index < -0.39 is 5.82 Å². The molecule has 1 amide bonds. The number of hydrogen-bond donors (Lipinski definition) is 0. The number of hydrogen-bond acceptors (Lipinski definition) is 3. The second kappa shape index (κ2) is 4.19. The van der Waals surface area contributed by atoms with Crippen LogP contribution in [0.5, 0.6) is 0 Å². The van der Waals surface area contributed by atoms with Gasteiger partial charge in [-0.3, -0.25) is 4.79 Å². The summed E-state index contributed by atoms with van der Waals surface area (Å²) in [5, 5.41) is 6.04. The highest BCUT2D eigenvalue weighted by Crippen LogP contribution is 2.39. The van der Waals surface area contributed by atoms with E-state index in [0.717, 1.165) is 0 Å². The second-order valence-corrected chi connectivity index (χ2v) is 4.90. The molecule has 6 heteroatoms. The highest BCUT2D eigenvalue weighted by Gasteiger charge is 2.23. The molecule has 3 rings (SSSR count). The van der Waals surface area contributed by atoms with Crippen molar-refractivity contribution in [1.29, 1.82) is 0 Å². The fraction of sp³-hybridized carbons (Fsp3) is 0. The number of aliphatic imine (C=N–C) groups is 1. The van der Waals surface area contributed by atoms with Crippen LogP contribution in [0.25, 0.3) is 11.1 Å². The lowest BCUT2D eigenvalue weighted by Crippen LogP contribution is -2.17. The molecule has 2 heterocycles. The van der Waals surface area contributed by atoms with E-state index in [1.807, 2.05) is 0 Å². The molecule has 1 radical (unpaired) electrons. The largest absolute Gasteiger partial charge is 0.282 e. The first-order valence-electron chi connectivity index (χ1n) is 5.01. The first kappa shape index (κ1) is 11.4. The van der Waals surface area contributed by atoms with Gasteiger partial charge < -0.3 is 0 Å². The SMILES string of the molecule is O=C1[N]C=Nc2scc(-c3ccc(Cl)c(F)c3)c21. The van der Waals surface area contributed by atoms with Crippen LogP contribution in [-0.2, 0) is 0 Å². The van der Waals surface area contributed by atoms with Crippen molar-refractivity contribution in [3.8, 4) is 11.1 Å². The fourth-order valence-electron chi connectivity index (χ4n) is 1.72. The van der Waals surface area contributed by atoms with E-state index in [1.54, 1.807) is 11.4 Å². The molecule has 0 spiro atoms. The van der Waals surface area contributed by atoms with Gasteiger partial charge in [0.15, 0.2) is 0 Å². The van der Waals surface area contributed by atoms with Crippen molar-refractivity contribution in [2.45, 2.75) is 0 Å². The van der Waals surface area contributed by atoms with Gasteiger partial charge in [-0.1, -0.05) is 17.7 Å². The van der Waals surface area contributed by atoms with Crippen molar-refractivity contribution in [2.24, 2.45) is 4.99 Å². The average molecular weight is 280 g/mol. The van der Waals surface area contributed by atoms with Gasteiger partial charge in [-0.2, -0.15) is 5.32 Å². The second-order valence-electron chi connectivity index (χ2n) is 3.64. The molecule has 1 aliphatic rings. The minimum absolute atomic E-state index is 0.0527. The third-order valence-corrected chi connectivity index (χ3v) is 3.76. The Balaban J connectivity index is 2.18. The average Bonchev–Trinajstić information content (AvgIpc) is 2.78. The number of thiophene rings is 1. The van der Waals surface area contributed by atoms with Crippen LogP contribution in [0, 0.1) is 5.82 Å². The molecule has 1 aliphatic heterocycles. The van der Waals surface area contributed by atoms with Gasteiger partial charge in [-0.05, 0) is 17.7 Å². The monoisotopic (exact) mass is 279 g/mol. The molecule has 0 aliphatic carbocycles. The van der Waals surface area contributed by atoms with Crippen molar-refractivity contribution in [3.05, 3.63) is 40.0 Å². The molecular formula is C12H5ClFN2OS. The van der Waals surface area contributed by atoms with E-state index in [9.17, 15) is 9.18 Å². The van der Waals surface area contributed by atoms with E-state index in [0.29, 0.717) is 21.7 Å². The molecule has 0 saturated carbocycles. The zero-order valence-electron chi connectivity index (χ0n) is 8.85. The van der Waals surface area contributed by atoms with Crippen LogP contribution < -0.4 is 5.32 Å². The first-order valence-corrected chi connectivity index (χ1v) is 6.27. The van der Waals surface area contributed by atoms with E-state index in [-0.39, 0.29) is 10.9 Å². The summed E-state index contributed by atoms with van der Waals surface area (Å²) < 4.78 is 13.4. The predicted molar refractivity (Wildman–Crippen MR) is 69.3 cm³/mol. The van der Waals surface area contributed by atoms with Crippen LogP contribution in [-0.4, -0.2) is 12.2 Å². The molecule has 1 aromatic heterocycles. The highest BCUT2D eigenvalue weighted by atomic mass is 35.5. The van der Waals surface area contributed by atoms with Crippen molar-refractivity contribution < 1.29 is 9.18 Å². The van der Waals surface area contributed by atoms with Crippen molar-refractivity contribution in [1.82, 2.24) is 5.32 Å². The molecule has 2 aromatic rings. The van der Waals surface area contributed by atoms with E-state index in [1.165, 1.54) is 29.8 Å². The van der Waals surface area contributed by atoms with E-state index in [4.69, 9.17) is 11.6 Å². The molecule has 0 atom stereocenters. The maximum Gasteiger partial charge on any atom is 0.282 e. The van der Waals surface area contributed by atoms with Crippen LogP contribution in [0.15, 0.2) is 28.6 Å². The Kier molecular flexibility index (Phi) is 2.65. The Morgan fingerprint density at radius 3 is 2.94 bits per heavy atom. The maximum absolute atomic E-state index is 13.4. The summed E-state index contributed by atoms with van der Waals surface area (Å²) >= 11 is 6.96. The summed E-state index contributed by atoms with van der Waals surface area (Å²) in [5.74, 6) is -0.871. The number of carbonyl (C=O) groups excluding carboxylic acids is 1. The summed E-state index contributed by atoms with van der Waals surface area (Å²) in [6.45, 7) is 0. The number of carbonyl (C=O) groups is 1. The lowest BCUT2D eigenvalue weighted by atomic mass is 10.0. The van der Waals surface area contributed by atoms with Crippen LogP contribution >= 0.6 is 22.9 Å². The van der Waals surface area contributed by atoms with Crippen molar-refractivity contribution in [2.75, 3.05) is 0 Å². The third kappa shape index (κ3) is 1.72. The molecule has 0 saturated heterocycles. The zero-order valence-corrected chi connectivity index (χ0v) is 10.4. The summed E-state index contributed by atoms with van der Waals surface area (Å²) in [6.07, 6.45) is 1.23. The van der Waals surface area contributed by atoms with Gasteiger partial charge in [-0.15, -0.1) is 11.3 Å². The standard InChI is InChI=1S/C12H5ClFN2OS/c13-8-2-1-6(3-9(8)14)7-4-18-12-10(7)11(17)15-5-16-12/h1-5H. The molecule has 0 bridgehead atoms. The Morgan fingerprint density at radius 1 is 1.33 bits per heavy atom. The lowest BCUT2D eigenvalue weighted by molar-refractivity contribution is 0.0975. The number of amides is 1. The number of rotatable bonds is 1. The Hall–Kier alpha value is -1.72. The molecular weight excluding hydrogens is 275 g/mol. The molecule has 89 valence electrons. The Bertz CT molecular complexity index is 681. The number of nitrogens with zero attached hydrogens (tertiary/aromatic N) is 2. The molecule has 0 fully saturated rings. The van der Waals surface area contributed by atoms with Crippen molar-refractivity contribution >= 4 is 40.2 Å². The highest BCUT2D eigenvalue weighted by molar-refractivity contribution is 7.15. The quantitative estimate of drug-likeness (QED) is 0.786. The first-order chi connectivity index (χ1) is 8.66. The number of halogens is 2. The smallest absolute Gasteiger partial charge is 0.267 e. The maximum atomic E-state index is 13.4. The topological polar surface area (TPSA) is 43.5 Å². The van der Waals surface area contributed by atoms with Crippen LogP contribution in [0.4, 0.5) is 9.39 Å². The fourth-order valence-corrected chi connectivity index (χ4v) is 2.75. The van der Waals surface area contributed by atoms with Crippen LogP contribution in [0.1, 0.15) is 10.4 Å². The Morgan fingerprint density at radius 2 is 2.17 bits per heavy atom. The van der Waals surface area contributed by atoms with Crippen molar-refractivity contribution in [3.63, 3.8) is 0 Å². The van der Waals surface area contributed by atoms with Gasteiger partial charge in [0.05, 0.1) is 10.6 Å². The van der Waals surface area contributed by atoms with Crippen LogP contribution in [0.3, 0.4) is 0 Å². The van der Waals surface area contributed by atoms with Gasteiger partial charge in [-0.25, -0.2) is 9.38 Å². The summed E-state index contributed by atoms with van der Waals surface area (Å²) in [4.78, 5) is 15.7. The Labute approximate surface area is 111 Å². The predicted octanol–water partition coefficient (Wildman–Crippen LogP) is 3.63. The number of benzene rings is 1. The summed E-state index contributed by atoms with van der Waals surface area (Å²) in [7, 11) is 0. The minimum Gasteiger partial charge on any atom is -0.267 e.